The normalized spacial score (nSPS) is 18.6. The number of anilines is 2. The molecule has 10 rings (SSSR count). The second kappa shape index (κ2) is 7.10. The molecule has 1 atom stereocenters. The molecule has 0 spiro atoms. The van der Waals surface area contributed by atoms with Crippen LogP contribution < -0.4 is 39.6 Å². The van der Waals surface area contributed by atoms with Gasteiger partial charge in [0.2, 0.25) is 0 Å². The monoisotopic (exact) mass is 576 g/mol. The van der Waals surface area contributed by atoms with Crippen LogP contribution in [0.2, 0.25) is 11.5 Å². The van der Waals surface area contributed by atoms with Gasteiger partial charge in [-0.2, -0.15) is 0 Å². The van der Waals surface area contributed by atoms with E-state index in [1.165, 1.54) is 30.8 Å². The summed E-state index contributed by atoms with van der Waals surface area (Å²) in [5.41, 5.74) is 9.65. The van der Waals surface area contributed by atoms with Gasteiger partial charge in [0, 0.05) is 0 Å². The summed E-state index contributed by atoms with van der Waals surface area (Å²) in [6.45, 7) is 0.143. The van der Waals surface area contributed by atoms with Gasteiger partial charge in [0.15, 0.2) is 0 Å². The van der Waals surface area contributed by atoms with Crippen molar-refractivity contribution in [1.29, 1.82) is 0 Å². The summed E-state index contributed by atoms with van der Waals surface area (Å²) in [7, 11) is 0. The van der Waals surface area contributed by atoms with E-state index < -0.39 is 13.3 Å². The summed E-state index contributed by atoms with van der Waals surface area (Å²) < 4.78 is 16.6. The fourth-order valence-corrected chi connectivity index (χ4v) is 14.6. The molecular formula is C34H23BGeN2O2. The number of benzene rings is 5. The number of nitrogens with zero attached hydrogens (tertiary/aromatic N) is 2. The Balaban J connectivity index is 1.22. The number of para-hydroxylation sites is 2. The zero-order valence-corrected chi connectivity index (χ0v) is 24.2. The number of hydrogen-bond donors (Lipinski definition) is 0. The Hall–Kier alpha value is -4.22. The van der Waals surface area contributed by atoms with E-state index in [4.69, 9.17) is 14.5 Å². The predicted molar refractivity (Wildman–Crippen MR) is 165 cm³/mol. The van der Waals surface area contributed by atoms with Crippen molar-refractivity contribution in [3.05, 3.63) is 108 Å². The molecule has 1 unspecified atom stereocenters. The number of aliphatic imine (C=N–C) groups is 1. The summed E-state index contributed by atoms with van der Waals surface area (Å²) in [4.78, 5) is 7.46. The van der Waals surface area contributed by atoms with E-state index in [0.29, 0.717) is 0 Å². The molecule has 5 aliphatic rings. The molecular weight excluding hydrogens is 552 g/mol. The van der Waals surface area contributed by atoms with Gasteiger partial charge in [-0.05, 0) is 0 Å². The molecule has 0 amide bonds. The molecule has 6 heteroatoms. The van der Waals surface area contributed by atoms with E-state index in [2.05, 4.69) is 113 Å². The van der Waals surface area contributed by atoms with Crippen LogP contribution in [0.25, 0.3) is 0 Å². The van der Waals surface area contributed by atoms with E-state index in [-0.39, 0.29) is 12.6 Å². The summed E-state index contributed by atoms with van der Waals surface area (Å²) in [6, 6.07) is 34.9. The quantitative estimate of drug-likeness (QED) is 0.262. The summed E-state index contributed by atoms with van der Waals surface area (Å²) in [5.74, 6) is 9.90. The Morgan fingerprint density at radius 3 is 2.00 bits per heavy atom. The molecule has 5 aromatic carbocycles. The number of ether oxygens (including phenoxy) is 2. The first kappa shape index (κ1) is 21.6. The van der Waals surface area contributed by atoms with Gasteiger partial charge in [-0.15, -0.1) is 0 Å². The average Bonchev–Trinajstić information content (AvgIpc) is 3.50. The van der Waals surface area contributed by atoms with Crippen LogP contribution in [0.1, 0.15) is 17.0 Å². The zero-order chi connectivity index (χ0) is 26.3. The van der Waals surface area contributed by atoms with Gasteiger partial charge in [-0.1, -0.05) is 12.1 Å². The molecule has 188 valence electrons. The van der Waals surface area contributed by atoms with Crippen molar-refractivity contribution < 1.29 is 9.47 Å². The van der Waals surface area contributed by atoms with E-state index in [9.17, 15) is 0 Å². The van der Waals surface area contributed by atoms with Gasteiger partial charge in [0.25, 0.3) is 0 Å². The van der Waals surface area contributed by atoms with Gasteiger partial charge >= 0.3 is 224 Å². The van der Waals surface area contributed by atoms with Gasteiger partial charge in [-0.3, -0.25) is 0 Å². The second-order valence-electron chi connectivity index (χ2n) is 11.9. The molecule has 0 radical (unpaired) electrons. The van der Waals surface area contributed by atoms with Crippen molar-refractivity contribution in [2.24, 2.45) is 4.99 Å². The Bertz CT molecular complexity index is 1950. The van der Waals surface area contributed by atoms with E-state index in [0.717, 1.165) is 51.4 Å². The van der Waals surface area contributed by atoms with Crippen molar-refractivity contribution in [3.8, 4) is 23.0 Å². The predicted octanol–water partition coefficient (Wildman–Crippen LogP) is 4.88. The molecule has 5 heterocycles. The number of amidine groups is 1. The Morgan fingerprint density at radius 1 is 0.675 bits per heavy atom. The van der Waals surface area contributed by atoms with Crippen LogP contribution in [0, 0.1) is 0 Å². The van der Waals surface area contributed by atoms with Crippen molar-refractivity contribution in [2.45, 2.75) is 17.4 Å². The van der Waals surface area contributed by atoms with E-state index >= 15 is 0 Å². The minimum absolute atomic E-state index is 0.125. The van der Waals surface area contributed by atoms with Crippen LogP contribution in [0.5, 0.6) is 23.0 Å². The number of fused-ring (bicyclic) bond motifs is 5. The molecule has 0 bridgehead atoms. The van der Waals surface area contributed by atoms with E-state index in [1.807, 2.05) is 0 Å². The first-order valence-corrected chi connectivity index (χ1v) is 20.3. The third-order valence-corrected chi connectivity index (χ3v) is 17.1. The molecule has 0 aromatic heterocycles. The van der Waals surface area contributed by atoms with Crippen molar-refractivity contribution in [3.63, 3.8) is 0 Å². The van der Waals surface area contributed by atoms with Crippen LogP contribution in [-0.2, 0) is 0 Å². The topological polar surface area (TPSA) is 34.1 Å². The van der Waals surface area contributed by atoms with Gasteiger partial charge in [0.1, 0.15) is 0 Å². The van der Waals surface area contributed by atoms with Crippen LogP contribution in [0.3, 0.4) is 0 Å². The average molecular weight is 575 g/mol. The molecule has 0 saturated heterocycles. The van der Waals surface area contributed by atoms with Crippen LogP contribution in [0.15, 0.2) is 102 Å². The van der Waals surface area contributed by atoms with E-state index in [1.54, 1.807) is 0 Å². The van der Waals surface area contributed by atoms with Crippen LogP contribution in [-0.4, -0.2) is 25.8 Å². The van der Waals surface area contributed by atoms with Crippen molar-refractivity contribution >= 4 is 68.1 Å². The fraction of sp³-hybridized carbons (Fsp3) is 0.0882. The van der Waals surface area contributed by atoms with Gasteiger partial charge in [0.05, 0.1) is 0 Å². The maximum absolute atomic E-state index is 6.79. The second-order valence-corrected chi connectivity index (χ2v) is 21.0. The Morgan fingerprint density at radius 2 is 1.30 bits per heavy atom. The third-order valence-electron chi connectivity index (χ3n) is 9.59. The van der Waals surface area contributed by atoms with Crippen LogP contribution in [0.4, 0.5) is 17.1 Å². The molecule has 40 heavy (non-hydrogen) atoms. The standard InChI is InChI=1S/C34H23BGeN2O2/c1-36(2)22-11-7-15-26-31(22)35-32-23(36)12-8-16-27(32)40-29-18-19(17-28(39-26)33(29)35)38-25-14-6-4-10-21(25)30-20-9-3-5-13-24(20)37-34(30)38/h3-18,30H,1-2H3. The number of hydrogen-bond acceptors (Lipinski definition) is 4. The number of rotatable bonds is 1. The van der Waals surface area contributed by atoms with Gasteiger partial charge in [-0.25, -0.2) is 0 Å². The third kappa shape index (κ3) is 2.45. The fourth-order valence-electron chi connectivity index (χ4n) is 7.91. The summed E-state index contributed by atoms with van der Waals surface area (Å²) in [6.07, 6.45) is 0. The van der Waals surface area contributed by atoms with Crippen molar-refractivity contribution in [2.75, 3.05) is 4.90 Å². The van der Waals surface area contributed by atoms with Gasteiger partial charge < -0.3 is 0 Å². The Kier molecular flexibility index (Phi) is 3.83. The SMILES string of the molecule is [CH3][Ge]1([CH3])[c]2cccc3c2B2c4c(cc(N5C6=Nc7ccccc7C6c6ccccc65)cc4Oc4ccc[c]1c42)O3. The maximum atomic E-state index is 6.79. The molecule has 0 aliphatic carbocycles. The molecule has 0 saturated carbocycles. The summed E-state index contributed by atoms with van der Waals surface area (Å²) >= 11 is -2.53. The zero-order valence-electron chi connectivity index (χ0n) is 22.1. The molecule has 0 fully saturated rings. The molecule has 5 aromatic rings. The van der Waals surface area contributed by atoms with Crippen LogP contribution >= 0.6 is 0 Å². The molecule has 0 N–H and O–H groups in total. The Labute approximate surface area is 235 Å². The first-order valence-electron chi connectivity index (χ1n) is 14.0. The summed E-state index contributed by atoms with van der Waals surface area (Å²) in [5, 5.41) is 0. The molecule has 5 aliphatic heterocycles. The first-order chi connectivity index (χ1) is 19.6. The minimum atomic E-state index is -2.53. The molecule has 4 nitrogen and oxygen atoms in total. The van der Waals surface area contributed by atoms with Crippen molar-refractivity contribution in [1.82, 2.24) is 0 Å².